The highest BCUT2D eigenvalue weighted by atomic mass is 79.9. The minimum absolute atomic E-state index is 1.02. The molecule has 0 heterocycles. The minimum Gasteiger partial charge on any atom is -0.127 e. The van der Waals surface area contributed by atoms with E-state index in [1.54, 1.807) is 0 Å². The first-order chi connectivity index (χ1) is 9.42. The van der Waals surface area contributed by atoms with Gasteiger partial charge >= 0.3 is 0 Å². The van der Waals surface area contributed by atoms with Crippen molar-refractivity contribution in [3.8, 4) is 22.6 Å². The van der Waals surface area contributed by atoms with Crippen molar-refractivity contribution in [3.05, 3.63) is 57.6 Å². The van der Waals surface area contributed by atoms with Crippen LogP contribution in [0.2, 0.25) is 19.6 Å². The Labute approximate surface area is 130 Å². The summed E-state index contributed by atoms with van der Waals surface area (Å²) in [6, 6.07) is 13.2. The van der Waals surface area contributed by atoms with Crippen molar-refractivity contribution in [2.24, 2.45) is 0 Å². The lowest BCUT2D eigenvalue weighted by molar-refractivity contribution is 1.26. The molecule has 2 aromatic carbocycles. The molecular weight excluding hydrogens is 324 g/mol. The first kappa shape index (κ1) is 13.7. The van der Waals surface area contributed by atoms with Crippen molar-refractivity contribution in [2.75, 3.05) is 0 Å². The van der Waals surface area contributed by atoms with Gasteiger partial charge in [-0.05, 0) is 52.9 Å². The average molecular weight is 341 g/mol. The second-order valence-corrected chi connectivity index (χ2v) is 12.0. The highest BCUT2D eigenvalue weighted by molar-refractivity contribution is 9.10. The topological polar surface area (TPSA) is 0 Å². The molecule has 0 fully saturated rings. The van der Waals surface area contributed by atoms with Gasteiger partial charge in [0.05, 0.1) is 0 Å². The fourth-order valence-electron chi connectivity index (χ4n) is 2.52. The van der Waals surface area contributed by atoms with Crippen molar-refractivity contribution < 1.29 is 0 Å². The van der Waals surface area contributed by atoms with Gasteiger partial charge in [0, 0.05) is 10.0 Å². The molecule has 0 spiro atoms. The molecule has 0 saturated carbocycles. The van der Waals surface area contributed by atoms with Gasteiger partial charge in [-0.3, -0.25) is 0 Å². The van der Waals surface area contributed by atoms with E-state index >= 15 is 0 Å². The van der Waals surface area contributed by atoms with Gasteiger partial charge in [-0.1, -0.05) is 53.6 Å². The fraction of sp³-hybridized carbons (Fsp3) is 0.222. The maximum Gasteiger partial charge on any atom is 0.129 e. The van der Waals surface area contributed by atoms with Gasteiger partial charge in [0.2, 0.25) is 0 Å². The van der Waals surface area contributed by atoms with Crippen LogP contribution in [0.4, 0.5) is 0 Å². The van der Waals surface area contributed by atoms with Crippen LogP contribution in [0, 0.1) is 11.5 Å². The first-order valence-corrected chi connectivity index (χ1v) is 11.2. The van der Waals surface area contributed by atoms with E-state index in [4.69, 9.17) is 0 Å². The minimum atomic E-state index is -1.30. The van der Waals surface area contributed by atoms with Crippen LogP contribution in [0.25, 0.3) is 11.1 Å². The van der Waals surface area contributed by atoms with Crippen molar-refractivity contribution in [1.29, 1.82) is 0 Å². The smallest absolute Gasteiger partial charge is 0.127 e. The number of hydrogen-bond donors (Lipinski definition) is 0. The summed E-state index contributed by atoms with van der Waals surface area (Å²) in [6.45, 7) is 6.84. The lowest BCUT2D eigenvalue weighted by Gasteiger charge is -2.04. The summed E-state index contributed by atoms with van der Waals surface area (Å²) in [5.74, 6) is 3.35. The molecule has 1 aliphatic carbocycles. The highest BCUT2D eigenvalue weighted by Crippen LogP contribution is 2.38. The second-order valence-electron chi connectivity index (χ2n) is 6.35. The molecule has 0 aliphatic heterocycles. The number of benzene rings is 2. The molecule has 0 nitrogen and oxygen atoms in total. The Morgan fingerprint density at radius 3 is 2.30 bits per heavy atom. The van der Waals surface area contributed by atoms with Crippen molar-refractivity contribution in [2.45, 2.75) is 26.1 Å². The molecule has 2 aromatic rings. The van der Waals surface area contributed by atoms with Crippen molar-refractivity contribution >= 4 is 24.0 Å². The van der Waals surface area contributed by atoms with E-state index < -0.39 is 8.07 Å². The van der Waals surface area contributed by atoms with Crippen molar-refractivity contribution in [1.82, 2.24) is 0 Å². The normalized spacial score (nSPS) is 12.4. The summed E-state index contributed by atoms with van der Waals surface area (Å²) in [6.07, 6.45) is 1.02. The third-order valence-corrected chi connectivity index (χ3v) is 4.79. The third-order valence-electron chi connectivity index (χ3n) is 3.43. The molecule has 0 aromatic heterocycles. The molecule has 0 unspecified atom stereocenters. The Kier molecular flexibility index (Phi) is 3.36. The van der Waals surface area contributed by atoms with Gasteiger partial charge in [-0.2, -0.15) is 0 Å². The summed E-state index contributed by atoms with van der Waals surface area (Å²) >= 11 is 3.55. The zero-order valence-electron chi connectivity index (χ0n) is 12.0. The van der Waals surface area contributed by atoms with Crippen molar-refractivity contribution in [3.63, 3.8) is 0 Å². The largest absolute Gasteiger partial charge is 0.129 e. The first-order valence-electron chi connectivity index (χ1n) is 6.87. The second kappa shape index (κ2) is 4.91. The number of fused-ring (bicyclic) bond motifs is 3. The van der Waals surface area contributed by atoms with E-state index in [9.17, 15) is 0 Å². The SMILES string of the molecule is C[Si](C)(C)C#Cc1ccc2c(c1)Cc1cc(Br)ccc1-2. The molecule has 0 amide bonds. The fourth-order valence-corrected chi connectivity index (χ4v) is 3.44. The van der Waals surface area contributed by atoms with E-state index in [-0.39, 0.29) is 0 Å². The molecule has 3 rings (SSSR count). The average Bonchev–Trinajstić information content (AvgIpc) is 2.71. The van der Waals surface area contributed by atoms with E-state index in [1.807, 2.05) is 0 Å². The zero-order chi connectivity index (χ0) is 14.3. The lowest BCUT2D eigenvalue weighted by Crippen LogP contribution is -2.16. The van der Waals surface area contributed by atoms with E-state index in [0.717, 1.165) is 16.5 Å². The summed E-state index contributed by atoms with van der Waals surface area (Å²) in [5, 5.41) is 0. The molecule has 0 radical (unpaired) electrons. The molecule has 20 heavy (non-hydrogen) atoms. The molecule has 0 atom stereocenters. The quantitative estimate of drug-likeness (QED) is 0.387. The van der Waals surface area contributed by atoms with Gasteiger partial charge < -0.3 is 0 Å². The van der Waals surface area contributed by atoms with Gasteiger partial charge in [0.15, 0.2) is 0 Å². The van der Waals surface area contributed by atoms with Gasteiger partial charge in [-0.25, -0.2) is 0 Å². The van der Waals surface area contributed by atoms with Crippen LogP contribution in [0.15, 0.2) is 40.9 Å². The van der Waals surface area contributed by atoms with Gasteiger partial charge in [-0.15, -0.1) is 5.54 Å². The maximum atomic E-state index is 3.55. The Morgan fingerprint density at radius 1 is 0.950 bits per heavy atom. The Bertz CT molecular complexity index is 742. The summed E-state index contributed by atoms with van der Waals surface area (Å²) < 4.78 is 1.16. The van der Waals surface area contributed by atoms with Crippen LogP contribution in [0.5, 0.6) is 0 Å². The summed E-state index contributed by atoms with van der Waals surface area (Å²) in [5.41, 5.74) is 10.1. The van der Waals surface area contributed by atoms with Crippen LogP contribution >= 0.6 is 15.9 Å². The molecule has 100 valence electrons. The number of hydrogen-bond acceptors (Lipinski definition) is 0. The maximum absolute atomic E-state index is 3.55. The van der Waals surface area contributed by atoms with Gasteiger partial charge in [0.1, 0.15) is 8.07 Å². The lowest BCUT2D eigenvalue weighted by atomic mass is 10.0. The van der Waals surface area contributed by atoms with Crippen LogP contribution < -0.4 is 0 Å². The van der Waals surface area contributed by atoms with E-state index in [0.29, 0.717) is 0 Å². The zero-order valence-corrected chi connectivity index (χ0v) is 14.6. The molecule has 2 heteroatoms. The van der Waals surface area contributed by atoms with Crippen LogP contribution in [-0.4, -0.2) is 8.07 Å². The van der Waals surface area contributed by atoms with Crippen LogP contribution in [0.1, 0.15) is 16.7 Å². The predicted molar refractivity (Wildman–Crippen MR) is 92.6 cm³/mol. The number of rotatable bonds is 0. The van der Waals surface area contributed by atoms with E-state index in [2.05, 4.69) is 83.4 Å². The van der Waals surface area contributed by atoms with Crippen LogP contribution in [-0.2, 0) is 6.42 Å². The highest BCUT2D eigenvalue weighted by Gasteiger charge is 2.18. The molecule has 1 aliphatic rings. The molecule has 0 bridgehead atoms. The third kappa shape index (κ3) is 2.75. The Morgan fingerprint density at radius 2 is 1.60 bits per heavy atom. The van der Waals surface area contributed by atoms with Gasteiger partial charge in [0.25, 0.3) is 0 Å². The summed E-state index contributed by atoms with van der Waals surface area (Å²) in [4.78, 5) is 0. The number of halogens is 1. The monoisotopic (exact) mass is 340 g/mol. The van der Waals surface area contributed by atoms with Crippen LogP contribution in [0.3, 0.4) is 0 Å². The molecule has 0 saturated heterocycles. The Hall–Kier alpha value is -1.30. The van der Waals surface area contributed by atoms with E-state index in [1.165, 1.54) is 22.3 Å². The molecule has 0 N–H and O–H groups in total. The predicted octanol–water partition coefficient (Wildman–Crippen LogP) is 5.25. The summed E-state index contributed by atoms with van der Waals surface area (Å²) in [7, 11) is -1.30. The Balaban J connectivity index is 2.00. The standard InChI is InChI=1S/C18H17BrSi/c1-20(2,3)9-8-13-4-6-17-14(10-13)11-15-12-16(19)5-7-18(15)17/h4-7,10,12H,11H2,1-3H3. The molecular formula is C18H17BrSi.